The second-order valence-corrected chi connectivity index (χ2v) is 4.55. The third-order valence-corrected chi connectivity index (χ3v) is 2.28. The van der Waals surface area contributed by atoms with Crippen LogP contribution in [0.15, 0.2) is 18.2 Å². The molecule has 0 aliphatic heterocycles. The lowest BCUT2D eigenvalue weighted by Crippen LogP contribution is -2.29. The third-order valence-electron chi connectivity index (χ3n) is 2.28. The lowest BCUT2D eigenvalue weighted by Gasteiger charge is -2.08. The summed E-state index contributed by atoms with van der Waals surface area (Å²) in [6, 6.07) is 6.13. The predicted molar refractivity (Wildman–Crippen MR) is 68.4 cm³/mol. The van der Waals surface area contributed by atoms with Gasteiger partial charge in [-0.25, -0.2) is 0 Å². The average Bonchev–Trinajstić information content (AvgIpc) is 2.23. The number of aromatic nitrogens is 1. The van der Waals surface area contributed by atoms with Gasteiger partial charge in [-0.15, -0.1) is 0 Å². The van der Waals surface area contributed by atoms with Crippen LogP contribution in [0.1, 0.15) is 25.2 Å². The number of rotatable bonds is 7. The molecule has 1 heterocycles. The lowest BCUT2D eigenvalue weighted by molar-refractivity contribution is 0.534. The summed E-state index contributed by atoms with van der Waals surface area (Å²) >= 11 is 0. The summed E-state index contributed by atoms with van der Waals surface area (Å²) in [7, 11) is 0. The summed E-state index contributed by atoms with van der Waals surface area (Å²) in [4.78, 5) is 4.44. The summed E-state index contributed by atoms with van der Waals surface area (Å²) in [5.74, 6) is 0.721. The molecule has 3 nitrogen and oxygen atoms in total. The minimum atomic E-state index is 0.721. The molecular weight excluding hydrogens is 198 g/mol. The Bertz CT molecular complexity index is 297. The minimum absolute atomic E-state index is 0.721. The van der Waals surface area contributed by atoms with Crippen molar-refractivity contribution >= 4 is 0 Å². The second-order valence-electron chi connectivity index (χ2n) is 4.55. The van der Waals surface area contributed by atoms with Gasteiger partial charge in [0, 0.05) is 25.3 Å². The number of hydrogen-bond acceptors (Lipinski definition) is 3. The first-order valence-electron chi connectivity index (χ1n) is 6.02. The monoisotopic (exact) mass is 221 g/mol. The van der Waals surface area contributed by atoms with Crippen molar-refractivity contribution in [2.45, 2.75) is 27.3 Å². The van der Waals surface area contributed by atoms with E-state index in [2.05, 4.69) is 41.6 Å². The highest BCUT2D eigenvalue weighted by atomic mass is 14.9. The molecule has 1 rings (SSSR count). The van der Waals surface area contributed by atoms with Crippen molar-refractivity contribution in [2.75, 3.05) is 19.6 Å². The summed E-state index contributed by atoms with van der Waals surface area (Å²) < 4.78 is 0. The molecule has 1 aromatic rings. The zero-order valence-corrected chi connectivity index (χ0v) is 10.6. The van der Waals surface area contributed by atoms with Gasteiger partial charge in [0.05, 0.1) is 5.69 Å². The van der Waals surface area contributed by atoms with Crippen molar-refractivity contribution < 1.29 is 0 Å². The Morgan fingerprint density at radius 3 is 2.62 bits per heavy atom. The third kappa shape index (κ3) is 5.83. The van der Waals surface area contributed by atoms with Crippen LogP contribution < -0.4 is 10.6 Å². The van der Waals surface area contributed by atoms with E-state index in [1.165, 1.54) is 0 Å². The molecule has 0 aliphatic carbocycles. The molecule has 16 heavy (non-hydrogen) atoms. The van der Waals surface area contributed by atoms with Crippen LogP contribution >= 0.6 is 0 Å². The zero-order chi connectivity index (χ0) is 11.8. The molecule has 1 aromatic heterocycles. The van der Waals surface area contributed by atoms with E-state index >= 15 is 0 Å². The maximum atomic E-state index is 4.44. The molecule has 0 bridgehead atoms. The molecule has 0 unspecified atom stereocenters. The zero-order valence-electron chi connectivity index (χ0n) is 10.6. The van der Waals surface area contributed by atoms with Gasteiger partial charge in [-0.3, -0.25) is 4.98 Å². The normalized spacial score (nSPS) is 11.0. The Kier molecular flexibility index (Phi) is 6.04. The Labute approximate surface area is 98.7 Å². The Morgan fingerprint density at radius 1 is 1.19 bits per heavy atom. The quantitative estimate of drug-likeness (QED) is 0.688. The Hall–Kier alpha value is -0.930. The largest absolute Gasteiger partial charge is 0.315 e. The molecule has 0 saturated heterocycles. The molecule has 0 aliphatic rings. The van der Waals surface area contributed by atoms with E-state index < -0.39 is 0 Å². The van der Waals surface area contributed by atoms with Crippen molar-refractivity contribution in [3.8, 4) is 0 Å². The van der Waals surface area contributed by atoms with E-state index in [-0.39, 0.29) is 0 Å². The van der Waals surface area contributed by atoms with Crippen molar-refractivity contribution in [2.24, 2.45) is 5.92 Å². The highest BCUT2D eigenvalue weighted by Gasteiger charge is 1.95. The van der Waals surface area contributed by atoms with Crippen LogP contribution in [0.3, 0.4) is 0 Å². The first-order chi connectivity index (χ1) is 7.68. The standard InChI is InChI=1S/C13H23N3/c1-11(2)9-14-7-8-15-10-13-6-4-5-12(3)16-13/h4-6,11,14-15H,7-10H2,1-3H3. The second kappa shape index (κ2) is 7.36. The van der Waals surface area contributed by atoms with Crippen LogP contribution in [0.4, 0.5) is 0 Å². The topological polar surface area (TPSA) is 37.0 Å². The van der Waals surface area contributed by atoms with Crippen molar-refractivity contribution in [1.29, 1.82) is 0 Å². The van der Waals surface area contributed by atoms with E-state index in [1.54, 1.807) is 0 Å². The molecule has 90 valence electrons. The van der Waals surface area contributed by atoms with Gasteiger partial charge in [-0.2, -0.15) is 0 Å². The maximum absolute atomic E-state index is 4.44. The minimum Gasteiger partial charge on any atom is -0.315 e. The fourth-order valence-corrected chi connectivity index (χ4v) is 1.48. The van der Waals surface area contributed by atoms with Gasteiger partial charge < -0.3 is 10.6 Å². The molecule has 0 amide bonds. The van der Waals surface area contributed by atoms with Crippen molar-refractivity contribution in [3.63, 3.8) is 0 Å². The van der Waals surface area contributed by atoms with Gasteiger partial charge in [0.15, 0.2) is 0 Å². The van der Waals surface area contributed by atoms with Gasteiger partial charge in [-0.05, 0) is 31.5 Å². The molecule has 0 aromatic carbocycles. The summed E-state index contributed by atoms with van der Waals surface area (Å²) in [5.41, 5.74) is 2.20. The SMILES string of the molecule is Cc1cccc(CNCCNCC(C)C)n1. The number of nitrogens with one attached hydrogen (secondary N) is 2. The van der Waals surface area contributed by atoms with Gasteiger partial charge in [-0.1, -0.05) is 19.9 Å². The van der Waals surface area contributed by atoms with E-state index in [9.17, 15) is 0 Å². The molecule has 0 atom stereocenters. The Morgan fingerprint density at radius 2 is 1.94 bits per heavy atom. The molecule has 0 radical (unpaired) electrons. The van der Waals surface area contributed by atoms with Crippen LogP contribution in [-0.2, 0) is 6.54 Å². The van der Waals surface area contributed by atoms with Gasteiger partial charge >= 0.3 is 0 Å². The molecule has 3 heteroatoms. The summed E-state index contributed by atoms with van der Waals surface area (Å²) in [6.45, 7) is 10.4. The molecule has 0 spiro atoms. The molecular formula is C13H23N3. The number of nitrogens with zero attached hydrogens (tertiary/aromatic N) is 1. The summed E-state index contributed by atoms with van der Waals surface area (Å²) in [5, 5.41) is 6.78. The fraction of sp³-hybridized carbons (Fsp3) is 0.615. The van der Waals surface area contributed by atoms with Gasteiger partial charge in [0.2, 0.25) is 0 Å². The van der Waals surface area contributed by atoms with E-state index in [0.717, 1.165) is 43.5 Å². The van der Waals surface area contributed by atoms with Crippen LogP contribution in [0.2, 0.25) is 0 Å². The van der Waals surface area contributed by atoms with Crippen molar-refractivity contribution in [1.82, 2.24) is 15.6 Å². The number of aryl methyl sites for hydroxylation is 1. The maximum Gasteiger partial charge on any atom is 0.0544 e. The molecule has 0 fully saturated rings. The number of hydrogen-bond donors (Lipinski definition) is 2. The Balaban J connectivity index is 2.07. The van der Waals surface area contributed by atoms with Crippen LogP contribution in [0.5, 0.6) is 0 Å². The fourth-order valence-electron chi connectivity index (χ4n) is 1.48. The summed E-state index contributed by atoms with van der Waals surface area (Å²) in [6.07, 6.45) is 0. The highest BCUT2D eigenvalue weighted by Crippen LogP contribution is 1.96. The average molecular weight is 221 g/mol. The van der Waals surface area contributed by atoms with Crippen LogP contribution in [0.25, 0.3) is 0 Å². The first-order valence-corrected chi connectivity index (χ1v) is 6.02. The van der Waals surface area contributed by atoms with Crippen LogP contribution in [0, 0.1) is 12.8 Å². The smallest absolute Gasteiger partial charge is 0.0544 e. The van der Waals surface area contributed by atoms with Gasteiger partial charge in [0.1, 0.15) is 0 Å². The molecule has 0 saturated carbocycles. The van der Waals surface area contributed by atoms with E-state index in [1.807, 2.05) is 13.0 Å². The number of pyridine rings is 1. The van der Waals surface area contributed by atoms with E-state index in [0.29, 0.717) is 0 Å². The first kappa shape index (κ1) is 13.1. The lowest BCUT2D eigenvalue weighted by atomic mass is 10.2. The van der Waals surface area contributed by atoms with Crippen LogP contribution in [-0.4, -0.2) is 24.6 Å². The molecule has 2 N–H and O–H groups in total. The highest BCUT2D eigenvalue weighted by molar-refractivity contribution is 5.09. The van der Waals surface area contributed by atoms with Crippen molar-refractivity contribution in [3.05, 3.63) is 29.6 Å². The van der Waals surface area contributed by atoms with E-state index in [4.69, 9.17) is 0 Å². The predicted octanol–water partition coefficient (Wildman–Crippen LogP) is 1.73. The van der Waals surface area contributed by atoms with Gasteiger partial charge in [0.25, 0.3) is 0 Å².